The van der Waals surface area contributed by atoms with Crippen LogP contribution < -0.4 is 5.32 Å². The molecule has 1 aromatic heterocycles. The Hall–Kier alpha value is -2.47. The molecule has 1 aromatic carbocycles. The lowest BCUT2D eigenvalue weighted by molar-refractivity contribution is -0.135. The van der Waals surface area contributed by atoms with E-state index in [1.165, 1.54) is 16.2 Å². The lowest BCUT2D eigenvalue weighted by Crippen LogP contribution is -2.40. The molecule has 5 nitrogen and oxygen atoms in total. The summed E-state index contributed by atoms with van der Waals surface area (Å²) in [5, 5.41) is 3.29. The zero-order valence-corrected chi connectivity index (χ0v) is 15.4. The van der Waals surface area contributed by atoms with Crippen molar-refractivity contribution in [2.45, 2.75) is 26.2 Å². The van der Waals surface area contributed by atoms with Gasteiger partial charge in [-0.25, -0.2) is 4.98 Å². The minimum absolute atomic E-state index is 0.0210. The highest BCUT2D eigenvalue weighted by atomic mass is 32.1. The van der Waals surface area contributed by atoms with Gasteiger partial charge in [0.1, 0.15) is 6.54 Å². The van der Waals surface area contributed by atoms with Gasteiger partial charge in [-0.15, -0.1) is 17.9 Å². The quantitative estimate of drug-likeness (QED) is 0.734. The van der Waals surface area contributed by atoms with E-state index < -0.39 is 0 Å². The van der Waals surface area contributed by atoms with Crippen molar-refractivity contribution in [3.8, 4) is 0 Å². The summed E-state index contributed by atoms with van der Waals surface area (Å²) in [5.41, 5.74) is 0.958. The third-order valence-corrected chi connectivity index (χ3v) is 4.60. The number of aromatic nitrogens is 1. The van der Waals surface area contributed by atoms with Crippen LogP contribution in [-0.2, 0) is 9.59 Å². The second-order valence-electron chi connectivity index (χ2n) is 5.70. The van der Waals surface area contributed by atoms with Crippen molar-refractivity contribution in [3.63, 3.8) is 0 Å². The number of anilines is 1. The van der Waals surface area contributed by atoms with Crippen LogP contribution in [0.5, 0.6) is 0 Å². The van der Waals surface area contributed by atoms with Crippen molar-refractivity contribution in [2.75, 3.05) is 18.4 Å². The predicted molar refractivity (Wildman–Crippen MR) is 102 cm³/mol. The van der Waals surface area contributed by atoms with Crippen LogP contribution in [-0.4, -0.2) is 34.8 Å². The van der Waals surface area contributed by atoms with Crippen molar-refractivity contribution in [2.24, 2.45) is 0 Å². The molecule has 2 aromatic rings. The smallest absolute Gasteiger partial charge is 0.245 e. The largest absolute Gasteiger partial charge is 0.329 e. The van der Waals surface area contributed by atoms with Crippen LogP contribution in [0, 0.1) is 6.92 Å². The summed E-state index contributed by atoms with van der Waals surface area (Å²) in [6.07, 6.45) is 4.01. The van der Waals surface area contributed by atoms with Crippen LogP contribution in [0.25, 0.3) is 0 Å². The summed E-state index contributed by atoms with van der Waals surface area (Å²) in [6, 6.07) is 9.64. The first-order valence-electron chi connectivity index (χ1n) is 8.22. The third-order valence-electron chi connectivity index (χ3n) is 3.77. The number of amides is 2. The zero-order chi connectivity index (χ0) is 18.2. The molecular weight excluding hydrogens is 334 g/mol. The highest BCUT2D eigenvalue weighted by Crippen LogP contribution is 2.22. The minimum Gasteiger partial charge on any atom is -0.329 e. The van der Waals surface area contributed by atoms with E-state index >= 15 is 0 Å². The molecule has 132 valence electrons. The molecular formula is C19H23N3O2S. The molecule has 0 aliphatic rings. The molecule has 0 spiro atoms. The molecule has 1 atom stereocenters. The maximum atomic E-state index is 12.9. The average Bonchev–Trinajstić information content (AvgIpc) is 3.00. The molecule has 0 bridgehead atoms. The Morgan fingerprint density at radius 1 is 1.36 bits per heavy atom. The standard InChI is InChI=1S/C19H23N3O2S/c1-4-11-22(13-17(23)21-19-20-12-14(3)25-19)18(24)16(5-2)15-9-7-6-8-10-15/h4,6-10,12,16H,1,5,11,13H2,2-3H3,(H,20,21,23). The number of benzene rings is 1. The SMILES string of the molecule is C=CCN(CC(=O)Nc1ncc(C)s1)C(=O)C(CC)c1ccccc1. The number of carbonyl (C=O) groups excluding carboxylic acids is 2. The van der Waals surface area contributed by atoms with Gasteiger partial charge in [-0.2, -0.15) is 0 Å². The van der Waals surface area contributed by atoms with Gasteiger partial charge in [0, 0.05) is 17.6 Å². The Balaban J connectivity index is 2.08. The van der Waals surface area contributed by atoms with Gasteiger partial charge in [0.05, 0.1) is 5.92 Å². The van der Waals surface area contributed by atoms with Gasteiger partial charge in [-0.3, -0.25) is 9.59 Å². The monoisotopic (exact) mass is 357 g/mol. The molecule has 0 radical (unpaired) electrons. The molecule has 2 amide bonds. The Labute approximate surface area is 152 Å². The fourth-order valence-electron chi connectivity index (χ4n) is 2.59. The van der Waals surface area contributed by atoms with Gasteiger partial charge in [0.2, 0.25) is 11.8 Å². The predicted octanol–water partition coefficient (Wildman–Crippen LogP) is 3.60. The average molecular weight is 357 g/mol. The fourth-order valence-corrected chi connectivity index (χ4v) is 3.27. The zero-order valence-electron chi connectivity index (χ0n) is 14.6. The van der Waals surface area contributed by atoms with E-state index in [0.717, 1.165) is 10.4 Å². The molecule has 1 N–H and O–H groups in total. The molecule has 25 heavy (non-hydrogen) atoms. The second-order valence-corrected chi connectivity index (χ2v) is 6.94. The molecule has 0 aliphatic carbocycles. The van der Waals surface area contributed by atoms with Crippen LogP contribution in [0.1, 0.15) is 29.7 Å². The van der Waals surface area contributed by atoms with Crippen LogP contribution in [0.3, 0.4) is 0 Å². The van der Waals surface area contributed by atoms with E-state index in [2.05, 4.69) is 16.9 Å². The molecule has 1 unspecified atom stereocenters. The third kappa shape index (κ3) is 5.26. The summed E-state index contributed by atoms with van der Waals surface area (Å²) < 4.78 is 0. The van der Waals surface area contributed by atoms with Gasteiger partial charge in [0.15, 0.2) is 5.13 Å². The van der Waals surface area contributed by atoms with E-state index in [-0.39, 0.29) is 24.3 Å². The van der Waals surface area contributed by atoms with Crippen molar-refractivity contribution >= 4 is 28.3 Å². The van der Waals surface area contributed by atoms with E-state index in [1.807, 2.05) is 44.2 Å². The summed E-state index contributed by atoms with van der Waals surface area (Å²) in [5.74, 6) is -0.595. The Morgan fingerprint density at radius 3 is 2.64 bits per heavy atom. The van der Waals surface area contributed by atoms with Gasteiger partial charge < -0.3 is 10.2 Å². The molecule has 2 rings (SSSR count). The molecule has 1 heterocycles. The lowest BCUT2D eigenvalue weighted by atomic mass is 9.95. The van der Waals surface area contributed by atoms with Gasteiger partial charge >= 0.3 is 0 Å². The van der Waals surface area contributed by atoms with Crippen molar-refractivity contribution < 1.29 is 9.59 Å². The molecule has 6 heteroatoms. The van der Waals surface area contributed by atoms with Crippen LogP contribution >= 0.6 is 11.3 Å². The highest BCUT2D eigenvalue weighted by molar-refractivity contribution is 7.15. The number of hydrogen-bond donors (Lipinski definition) is 1. The van der Waals surface area contributed by atoms with Crippen molar-refractivity contribution in [1.82, 2.24) is 9.88 Å². The number of thiazole rings is 1. The second kappa shape index (κ2) is 9.13. The van der Waals surface area contributed by atoms with E-state index in [1.54, 1.807) is 12.3 Å². The Morgan fingerprint density at radius 2 is 2.08 bits per heavy atom. The van der Waals surface area contributed by atoms with E-state index in [9.17, 15) is 9.59 Å². The molecule has 0 saturated heterocycles. The van der Waals surface area contributed by atoms with E-state index in [4.69, 9.17) is 0 Å². The number of aryl methyl sites for hydroxylation is 1. The Kier molecular flexibility index (Phi) is 6.89. The number of carbonyl (C=O) groups is 2. The lowest BCUT2D eigenvalue weighted by Gasteiger charge is -2.25. The van der Waals surface area contributed by atoms with Crippen molar-refractivity contribution in [1.29, 1.82) is 0 Å². The Bertz CT molecular complexity index is 727. The topological polar surface area (TPSA) is 62.3 Å². The van der Waals surface area contributed by atoms with E-state index in [0.29, 0.717) is 18.1 Å². The first-order valence-corrected chi connectivity index (χ1v) is 9.03. The normalized spacial score (nSPS) is 11.6. The number of nitrogens with zero attached hydrogens (tertiary/aromatic N) is 2. The maximum Gasteiger partial charge on any atom is 0.245 e. The highest BCUT2D eigenvalue weighted by Gasteiger charge is 2.25. The van der Waals surface area contributed by atoms with Gasteiger partial charge in [-0.05, 0) is 18.9 Å². The summed E-state index contributed by atoms with van der Waals surface area (Å²) >= 11 is 1.41. The number of hydrogen-bond acceptors (Lipinski definition) is 4. The summed E-state index contributed by atoms with van der Waals surface area (Å²) in [6.45, 7) is 7.90. The first-order chi connectivity index (χ1) is 12.0. The molecule has 0 aliphatic heterocycles. The first kappa shape index (κ1) is 18.9. The van der Waals surface area contributed by atoms with Crippen LogP contribution in [0.15, 0.2) is 49.2 Å². The molecule has 0 fully saturated rings. The summed E-state index contributed by atoms with van der Waals surface area (Å²) in [4.78, 5) is 31.9. The number of rotatable bonds is 8. The van der Waals surface area contributed by atoms with Gasteiger partial charge in [-0.1, -0.05) is 43.3 Å². The van der Waals surface area contributed by atoms with Gasteiger partial charge in [0.25, 0.3) is 0 Å². The number of nitrogens with one attached hydrogen (secondary N) is 1. The van der Waals surface area contributed by atoms with Crippen LogP contribution in [0.2, 0.25) is 0 Å². The fraction of sp³-hybridized carbons (Fsp3) is 0.316. The summed E-state index contributed by atoms with van der Waals surface area (Å²) in [7, 11) is 0. The van der Waals surface area contributed by atoms with Crippen LogP contribution in [0.4, 0.5) is 5.13 Å². The maximum absolute atomic E-state index is 12.9. The van der Waals surface area contributed by atoms with Crippen molar-refractivity contribution in [3.05, 3.63) is 59.6 Å². The molecule has 0 saturated carbocycles. The minimum atomic E-state index is -0.268.